The van der Waals surface area contributed by atoms with Crippen LogP contribution in [0.3, 0.4) is 0 Å². The maximum Gasteiger partial charge on any atom is 0.416 e. The SMILES string of the molecule is CCOC(=O)c1ccc(C[P+](c2ccccc2)(c2ccccc2)c2ccccc2)cc1.CCOC(=O)c1ccc(C[P+](c2ccccc2)(c2ccccc2)c2ccccc2)cc1.[O-]B([O-])Oc1cc(C(F)(F)F)cc(C(F)(F)F)c1. The Morgan fingerprint density at radius 3 is 0.863 bits per heavy atom. The van der Waals surface area contributed by atoms with Crippen LogP contribution in [0.15, 0.2) is 249 Å². The van der Waals surface area contributed by atoms with Gasteiger partial charge in [-0.25, -0.2) is 9.59 Å². The highest BCUT2D eigenvalue weighted by Crippen LogP contribution is 2.59. The quantitative estimate of drug-likeness (QED) is 0.0410. The predicted octanol–water partition coefficient (Wildman–Crippen LogP) is 11.5. The number of hydrogen-bond acceptors (Lipinski definition) is 7. The van der Waals surface area contributed by atoms with Crippen molar-refractivity contribution in [3.05, 3.63) is 282 Å². The molecule has 0 N–H and O–H groups in total. The van der Waals surface area contributed by atoms with Crippen LogP contribution < -0.4 is 46.5 Å². The smallest absolute Gasteiger partial charge is 0.416 e. The maximum atomic E-state index is 12.3. The monoisotopic (exact) mass is 1120 g/mol. The highest BCUT2D eigenvalue weighted by molar-refractivity contribution is 7.95. The molecule has 9 rings (SSSR count). The second-order valence-electron chi connectivity index (χ2n) is 17.9. The van der Waals surface area contributed by atoms with Crippen molar-refractivity contribution in [2.75, 3.05) is 13.2 Å². The van der Waals surface area contributed by atoms with Crippen molar-refractivity contribution in [3.8, 4) is 5.75 Å². The summed E-state index contributed by atoms with van der Waals surface area (Å²) < 4.78 is 87.8. The highest BCUT2D eigenvalue weighted by atomic mass is 31.2. The molecule has 0 aromatic heterocycles. The van der Waals surface area contributed by atoms with E-state index in [2.05, 4.69) is 211 Å². The Balaban J connectivity index is 0.000000180. The molecule has 7 nitrogen and oxygen atoms in total. The molecular weight excluding hydrogens is 1070 g/mol. The Kier molecular flexibility index (Phi) is 20.8. The van der Waals surface area contributed by atoms with Gasteiger partial charge in [-0.15, -0.1) is 0 Å². The van der Waals surface area contributed by atoms with Crippen LogP contribution in [-0.4, -0.2) is 32.5 Å². The topological polar surface area (TPSA) is 108 Å². The average Bonchev–Trinajstić information content (AvgIpc) is 3.56. The Hall–Kier alpha value is -7.86. The molecular formula is C64H55BF6O7P2. The minimum atomic E-state index is -5.05. The van der Waals surface area contributed by atoms with Crippen molar-refractivity contribution < 1.29 is 60.1 Å². The largest absolute Gasteiger partial charge is 0.860 e. The number of carbonyl (C=O) groups is 2. The van der Waals surface area contributed by atoms with Crippen LogP contribution in [-0.2, 0) is 34.2 Å². The standard InChI is InChI=1S/2C28H26O2P.C8H3BF6O3/c2*1-2-30-28(29)24-20-18-23(19-21-24)22-31(25-12-6-3-7-13-25,26-14-8-4-9-15-26)27-16-10-5-11-17-27;10-7(11,12)4-1-5(8(13,14)15)3-6(2-4)18-9(16)17/h2*3-21H,2,22H2,1H3;1-3H/q2*+1;-2. The Labute approximate surface area is 463 Å². The van der Waals surface area contributed by atoms with Crippen LogP contribution >= 0.6 is 14.5 Å². The number of esters is 2. The lowest BCUT2D eigenvalue weighted by molar-refractivity contribution is -0.372. The van der Waals surface area contributed by atoms with Crippen LogP contribution in [0.2, 0.25) is 0 Å². The molecule has 0 aliphatic rings. The zero-order valence-corrected chi connectivity index (χ0v) is 45.4. The molecule has 0 radical (unpaired) electrons. The summed E-state index contributed by atoms with van der Waals surface area (Å²) in [4.78, 5) is 24.2. The molecule has 0 saturated carbocycles. The normalized spacial score (nSPS) is 11.4. The third-order valence-electron chi connectivity index (χ3n) is 12.7. The predicted molar refractivity (Wildman–Crippen MR) is 305 cm³/mol. The second kappa shape index (κ2) is 27.8. The van der Waals surface area contributed by atoms with E-state index in [1.54, 1.807) is 0 Å². The summed E-state index contributed by atoms with van der Waals surface area (Å²) in [5.74, 6) is -1.62. The minimum absolute atomic E-state index is 0.141. The van der Waals surface area contributed by atoms with Gasteiger partial charge >= 0.3 is 24.3 Å². The van der Waals surface area contributed by atoms with E-state index in [1.807, 2.05) is 38.1 Å². The first kappa shape index (κ1) is 59.8. The molecule has 9 aromatic carbocycles. The summed E-state index contributed by atoms with van der Waals surface area (Å²) in [6.07, 6.45) is -8.34. The minimum Gasteiger partial charge on any atom is -0.860 e. The van der Waals surface area contributed by atoms with Gasteiger partial charge in [0.1, 0.15) is 53.7 Å². The molecule has 0 aliphatic carbocycles. The number of carbonyl (C=O) groups excluding carboxylic acids is 2. The van der Waals surface area contributed by atoms with E-state index >= 15 is 0 Å². The zero-order chi connectivity index (χ0) is 57.2. The van der Waals surface area contributed by atoms with Crippen molar-refractivity contribution >= 4 is 65.6 Å². The first-order valence-electron chi connectivity index (χ1n) is 25.4. The summed E-state index contributed by atoms with van der Waals surface area (Å²) in [5, 5.41) is 28.3. The van der Waals surface area contributed by atoms with Crippen molar-refractivity contribution in [2.45, 2.75) is 38.5 Å². The van der Waals surface area contributed by atoms with Crippen LogP contribution in [0.1, 0.15) is 56.8 Å². The molecule has 0 amide bonds. The van der Waals surface area contributed by atoms with Gasteiger partial charge < -0.3 is 24.2 Å². The molecule has 0 fully saturated rings. The van der Waals surface area contributed by atoms with E-state index in [-0.39, 0.29) is 30.1 Å². The fraction of sp³-hybridized carbons (Fsp3) is 0.125. The lowest BCUT2D eigenvalue weighted by Crippen LogP contribution is -2.50. The molecule has 0 atom stereocenters. The van der Waals surface area contributed by atoms with Gasteiger partial charge in [0.05, 0.1) is 53.5 Å². The fourth-order valence-corrected chi connectivity index (χ4v) is 17.6. The lowest BCUT2D eigenvalue weighted by Gasteiger charge is -2.28. The van der Waals surface area contributed by atoms with Crippen molar-refractivity contribution in [3.63, 3.8) is 0 Å². The summed E-state index contributed by atoms with van der Waals surface area (Å²) >= 11 is 0. The van der Waals surface area contributed by atoms with Crippen LogP contribution in [0, 0.1) is 0 Å². The maximum absolute atomic E-state index is 12.3. The highest BCUT2D eigenvalue weighted by Gasteiger charge is 2.47. The molecule has 0 heterocycles. The molecule has 0 saturated heterocycles. The third-order valence-corrected chi connectivity index (χ3v) is 21.5. The van der Waals surface area contributed by atoms with E-state index in [1.165, 1.54) is 43.0 Å². The number of alkyl halides is 6. The Morgan fingerprint density at radius 1 is 0.400 bits per heavy atom. The lowest BCUT2D eigenvalue weighted by atomic mass is 10.1. The van der Waals surface area contributed by atoms with Crippen molar-refractivity contribution in [1.29, 1.82) is 0 Å². The van der Waals surface area contributed by atoms with Gasteiger partial charge in [-0.05, 0) is 140 Å². The number of hydrogen-bond donors (Lipinski definition) is 0. The Bertz CT molecular complexity index is 2930. The number of benzene rings is 9. The van der Waals surface area contributed by atoms with Crippen LogP contribution in [0.4, 0.5) is 26.3 Å². The summed E-state index contributed by atoms with van der Waals surface area (Å²) in [6.45, 7) is 4.41. The van der Waals surface area contributed by atoms with E-state index < -0.39 is 51.1 Å². The number of ether oxygens (including phenoxy) is 2. The molecule has 9 aromatic rings. The molecule has 16 heteroatoms. The summed E-state index contributed by atoms with van der Waals surface area (Å²) in [7, 11) is -6.90. The Morgan fingerprint density at radius 2 is 0.650 bits per heavy atom. The van der Waals surface area contributed by atoms with E-state index in [0.717, 1.165) is 12.3 Å². The van der Waals surface area contributed by atoms with Gasteiger partial charge in [0.25, 0.3) is 0 Å². The van der Waals surface area contributed by atoms with Gasteiger partial charge in [0, 0.05) is 0 Å². The summed E-state index contributed by atoms with van der Waals surface area (Å²) in [5.41, 5.74) is 0.277. The van der Waals surface area contributed by atoms with Gasteiger partial charge in [-0.2, -0.15) is 26.3 Å². The van der Waals surface area contributed by atoms with Gasteiger partial charge in [0.15, 0.2) is 0 Å². The first-order chi connectivity index (χ1) is 38.5. The van der Waals surface area contributed by atoms with Gasteiger partial charge in [-0.3, -0.25) is 0 Å². The number of halogens is 6. The van der Waals surface area contributed by atoms with Gasteiger partial charge in [-0.1, -0.05) is 133 Å². The molecule has 408 valence electrons. The number of rotatable bonds is 16. The molecule has 0 unspecified atom stereocenters. The van der Waals surface area contributed by atoms with E-state index in [0.29, 0.717) is 24.3 Å². The zero-order valence-electron chi connectivity index (χ0n) is 43.6. The van der Waals surface area contributed by atoms with Crippen molar-refractivity contribution in [2.24, 2.45) is 0 Å². The second-order valence-corrected chi connectivity index (χ2v) is 24.9. The van der Waals surface area contributed by atoms with Gasteiger partial charge in [0.2, 0.25) is 0 Å². The molecule has 0 aliphatic heterocycles. The average molecular weight is 1120 g/mol. The summed E-state index contributed by atoms with van der Waals surface area (Å²) in [6, 6.07) is 80.9. The first-order valence-corrected chi connectivity index (χ1v) is 29.3. The van der Waals surface area contributed by atoms with E-state index in [9.17, 15) is 46.0 Å². The van der Waals surface area contributed by atoms with Crippen LogP contribution in [0.5, 0.6) is 5.75 Å². The third kappa shape index (κ3) is 15.3. The molecule has 0 bridgehead atoms. The molecule has 80 heavy (non-hydrogen) atoms. The molecule has 0 spiro atoms. The van der Waals surface area contributed by atoms with Crippen LogP contribution in [0.25, 0.3) is 0 Å². The van der Waals surface area contributed by atoms with E-state index in [4.69, 9.17) is 9.47 Å². The van der Waals surface area contributed by atoms with Crippen molar-refractivity contribution in [1.82, 2.24) is 0 Å². The fourth-order valence-electron chi connectivity index (χ4n) is 9.11.